The number of rotatable bonds is 18. The molecule has 2 aromatic carbocycles. The van der Waals surface area contributed by atoms with Crippen LogP contribution in [0.25, 0.3) is 0 Å². The molecule has 0 aliphatic carbocycles. The van der Waals surface area contributed by atoms with Crippen LogP contribution in [-0.2, 0) is 46.1 Å². The normalized spacial score (nSPS) is 12.1. The Hall–Kier alpha value is -1.56. The Labute approximate surface area is 248 Å². The SMILES string of the molecule is CCCCC(=Nc1cc(CCCC)cc(CCCC)c1)C(C)=Nc1cc(CCCC)cc(CCCC)c1.[Pd]. The first kappa shape index (κ1) is 34.5. The maximum absolute atomic E-state index is 5.26. The van der Waals surface area contributed by atoms with Crippen molar-refractivity contribution in [2.45, 2.75) is 138 Å². The zero-order chi connectivity index (χ0) is 26.9. The molecule has 3 heteroatoms. The van der Waals surface area contributed by atoms with Crippen molar-refractivity contribution < 1.29 is 20.4 Å². The van der Waals surface area contributed by atoms with E-state index in [0.29, 0.717) is 0 Å². The van der Waals surface area contributed by atoms with Gasteiger partial charge in [-0.15, -0.1) is 0 Å². The molecule has 0 saturated carbocycles. The van der Waals surface area contributed by atoms with Crippen LogP contribution in [0, 0.1) is 0 Å². The molecule has 0 amide bonds. The van der Waals surface area contributed by atoms with Crippen molar-refractivity contribution in [3.63, 3.8) is 0 Å². The summed E-state index contributed by atoms with van der Waals surface area (Å²) in [7, 11) is 0. The molecule has 0 heterocycles. The van der Waals surface area contributed by atoms with Gasteiger partial charge < -0.3 is 0 Å². The Morgan fingerprint density at radius 3 is 1.18 bits per heavy atom. The van der Waals surface area contributed by atoms with Gasteiger partial charge in [-0.3, -0.25) is 9.98 Å². The number of aryl methyl sites for hydroxylation is 4. The first-order valence-corrected chi connectivity index (χ1v) is 15.4. The van der Waals surface area contributed by atoms with Crippen molar-refractivity contribution in [1.29, 1.82) is 0 Å². The maximum atomic E-state index is 5.26. The van der Waals surface area contributed by atoms with Crippen LogP contribution in [0.5, 0.6) is 0 Å². The second-order valence-corrected chi connectivity index (χ2v) is 10.8. The Morgan fingerprint density at radius 1 is 0.500 bits per heavy atom. The van der Waals surface area contributed by atoms with Gasteiger partial charge in [0.2, 0.25) is 0 Å². The molecule has 0 atom stereocenters. The van der Waals surface area contributed by atoms with Gasteiger partial charge in [0.05, 0.1) is 22.8 Å². The van der Waals surface area contributed by atoms with E-state index in [1.165, 1.54) is 73.6 Å². The smallest absolute Gasteiger partial charge is 0.0639 e. The van der Waals surface area contributed by atoms with E-state index in [1.807, 2.05) is 0 Å². The van der Waals surface area contributed by atoms with Crippen LogP contribution in [0.1, 0.15) is 134 Å². The second-order valence-electron chi connectivity index (χ2n) is 10.8. The molecule has 0 bridgehead atoms. The Morgan fingerprint density at radius 2 is 0.842 bits per heavy atom. The van der Waals surface area contributed by atoms with E-state index in [9.17, 15) is 0 Å². The molecule has 38 heavy (non-hydrogen) atoms. The van der Waals surface area contributed by atoms with Gasteiger partial charge in [-0.25, -0.2) is 0 Å². The van der Waals surface area contributed by atoms with Crippen LogP contribution in [0.4, 0.5) is 11.4 Å². The fourth-order valence-electron chi connectivity index (χ4n) is 4.79. The predicted molar refractivity (Wildman–Crippen MR) is 167 cm³/mol. The summed E-state index contributed by atoms with van der Waals surface area (Å²) in [5.41, 5.74) is 10.1. The van der Waals surface area contributed by atoms with Crippen molar-refractivity contribution in [2.24, 2.45) is 9.98 Å². The summed E-state index contributed by atoms with van der Waals surface area (Å²) in [5, 5.41) is 0. The van der Waals surface area contributed by atoms with Crippen molar-refractivity contribution in [1.82, 2.24) is 0 Å². The van der Waals surface area contributed by atoms with Gasteiger partial charge in [0.15, 0.2) is 0 Å². The molecule has 0 N–H and O–H groups in total. The largest absolute Gasteiger partial charge is 0.252 e. The van der Waals surface area contributed by atoms with Gasteiger partial charge >= 0.3 is 0 Å². The van der Waals surface area contributed by atoms with Crippen molar-refractivity contribution in [2.75, 3.05) is 0 Å². The van der Waals surface area contributed by atoms with Crippen molar-refractivity contribution >= 4 is 22.8 Å². The fourth-order valence-corrected chi connectivity index (χ4v) is 4.79. The van der Waals surface area contributed by atoms with Gasteiger partial charge in [-0.2, -0.15) is 0 Å². The van der Waals surface area contributed by atoms with Crippen LogP contribution >= 0.6 is 0 Å². The first-order valence-electron chi connectivity index (χ1n) is 15.4. The van der Waals surface area contributed by atoms with Gasteiger partial charge in [0.25, 0.3) is 0 Å². The summed E-state index contributed by atoms with van der Waals surface area (Å²) in [6.07, 6.45) is 17.7. The molecule has 0 fully saturated rings. The van der Waals surface area contributed by atoms with Crippen LogP contribution in [0.15, 0.2) is 46.4 Å². The minimum atomic E-state index is 0. The van der Waals surface area contributed by atoms with E-state index < -0.39 is 0 Å². The first-order chi connectivity index (χ1) is 18.0. The molecule has 214 valence electrons. The average molecular weight is 609 g/mol. The third-order valence-electron chi connectivity index (χ3n) is 7.10. The molecular weight excluding hydrogens is 555 g/mol. The molecule has 2 nitrogen and oxygen atoms in total. The van der Waals surface area contributed by atoms with Crippen LogP contribution in [0.3, 0.4) is 0 Å². The standard InChI is InChI=1S/C35H54N2.Pd/c1-7-12-17-29-22-30(18-13-8-2)25-33(24-29)36-28(6)35(21-16-11-5)37-34-26-31(19-14-9-3)23-32(27-34)20-15-10-4;/h22-27H,7-21H2,1-6H3;. The molecule has 0 aliphatic heterocycles. The van der Waals surface area contributed by atoms with E-state index in [0.717, 1.165) is 67.7 Å². The quantitative estimate of drug-likeness (QED) is 0.119. The van der Waals surface area contributed by atoms with E-state index in [1.54, 1.807) is 0 Å². The number of nitrogens with zero attached hydrogens (tertiary/aromatic N) is 2. The van der Waals surface area contributed by atoms with E-state index in [-0.39, 0.29) is 20.4 Å². The van der Waals surface area contributed by atoms with Gasteiger partial charge in [0.1, 0.15) is 0 Å². The summed E-state index contributed by atoms with van der Waals surface area (Å²) < 4.78 is 0. The van der Waals surface area contributed by atoms with Crippen molar-refractivity contribution in [3.05, 3.63) is 58.7 Å². The van der Waals surface area contributed by atoms with Crippen molar-refractivity contribution in [3.8, 4) is 0 Å². The Kier molecular flexibility index (Phi) is 18.5. The zero-order valence-electron chi connectivity index (χ0n) is 25.3. The monoisotopic (exact) mass is 608 g/mol. The minimum Gasteiger partial charge on any atom is -0.252 e. The molecule has 0 saturated heterocycles. The third-order valence-corrected chi connectivity index (χ3v) is 7.10. The molecule has 2 aromatic rings. The Bertz CT molecular complexity index is 937. The summed E-state index contributed by atoms with van der Waals surface area (Å²) in [6.45, 7) is 13.5. The van der Waals surface area contributed by atoms with E-state index in [2.05, 4.69) is 77.9 Å². The average Bonchev–Trinajstić information content (AvgIpc) is 2.90. The number of hydrogen-bond acceptors (Lipinski definition) is 2. The Balaban J connectivity index is 0.00000722. The second kappa shape index (κ2) is 20.4. The molecule has 0 spiro atoms. The molecule has 0 aromatic heterocycles. The number of benzene rings is 2. The molecular formula is C35H54N2Pd. The zero-order valence-corrected chi connectivity index (χ0v) is 26.8. The number of hydrogen-bond donors (Lipinski definition) is 0. The third kappa shape index (κ3) is 13.0. The van der Waals surface area contributed by atoms with Crippen LogP contribution in [0.2, 0.25) is 0 Å². The minimum absolute atomic E-state index is 0. The molecule has 0 aliphatic rings. The summed E-state index contributed by atoms with van der Waals surface area (Å²) in [5.74, 6) is 0. The molecule has 2 rings (SSSR count). The predicted octanol–water partition coefficient (Wildman–Crippen LogP) is 11.1. The topological polar surface area (TPSA) is 24.7 Å². The maximum Gasteiger partial charge on any atom is 0.0639 e. The summed E-state index contributed by atoms with van der Waals surface area (Å²) >= 11 is 0. The fraction of sp³-hybridized carbons (Fsp3) is 0.600. The summed E-state index contributed by atoms with van der Waals surface area (Å²) in [4.78, 5) is 10.4. The molecule has 0 unspecified atom stereocenters. The van der Waals surface area contributed by atoms with E-state index >= 15 is 0 Å². The van der Waals surface area contributed by atoms with E-state index in [4.69, 9.17) is 9.98 Å². The number of unbranched alkanes of at least 4 members (excludes halogenated alkanes) is 5. The molecule has 0 radical (unpaired) electrons. The van der Waals surface area contributed by atoms with Gasteiger partial charge in [0, 0.05) is 20.4 Å². The summed E-state index contributed by atoms with van der Waals surface area (Å²) in [6, 6.07) is 14.1. The van der Waals surface area contributed by atoms with Crippen LogP contribution in [-0.4, -0.2) is 11.4 Å². The van der Waals surface area contributed by atoms with Crippen LogP contribution < -0.4 is 0 Å². The van der Waals surface area contributed by atoms with Gasteiger partial charge in [-0.05, 0) is 118 Å². The van der Waals surface area contributed by atoms with Gasteiger partial charge in [-0.1, -0.05) is 78.9 Å². The number of aliphatic imine (C=N–C) groups is 2.